The molecule has 0 bridgehead atoms. The summed E-state index contributed by atoms with van der Waals surface area (Å²) in [4.78, 5) is 0. The fourth-order valence-electron chi connectivity index (χ4n) is 5.13. The van der Waals surface area contributed by atoms with E-state index in [0.717, 1.165) is 0 Å². The molecule has 1 radical (unpaired) electrons. The fraction of sp³-hybridized carbons (Fsp3) is 0.467. The highest BCUT2D eigenvalue weighted by atomic mass is 28.3. The van der Waals surface area contributed by atoms with Gasteiger partial charge >= 0.3 is 0 Å². The molecule has 0 unspecified atom stereocenters. The third kappa shape index (κ3) is 5.63. The molecule has 0 amide bonds. The first-order valence-electron chi connectivity index (χ1n) is 12.6. The average Bonchev–Trinajstić information content (AvgIpc) is 2.87. The van der Waals surface area contributed by atoms with Crippen molar-refractivity contribution in [2.75, 3.05) is 0 Å². The molecule has 1 aliphatic rings. The van der Waals surface area contributed by atoms with E-state index in [2.05, 4.69) is 117 Å². The summed E-state index contributed by atoms with van der Waals surface area (Å²) in [6.45, 7) is 28.9. The van der Waals surface area contributed by atoms with Crippen molar-refractivity contribution in [2.45, 2.75) is 86.9 Å². The summed E-state index contributed by atoms with van der Waals surface area (Å²) in [7, 11) is -3.69. The van der Waals surface area contributed by atoms with Gasteiger partial charge < -0.3 is 0 Å². The maximum absolute atomic E-state index is 2.61. The Morgan fingerprint density at radius 2 is 0.939 bits per heavy atom. The van der Waals surface area contributed by atoms with Gasteiger partial charge in [-0.3, -0.25) is 0 Å². The highest BCUT2D eigenvalue weighted by molar-refractivity contribution is 6.91. The second kappa shape index (κ2) is 9.31. The van der Waals surface area contributed by atoms with E-state index in [1.807, 2.05) is 0 Å². The van der Waals surface area contributed by atoms with E-state index >= 15 is 0 Å². The molecule has 0 atom stereocenters. The lowest BCUT2D eigenvalue weighted by molar-refractivity contribution is 0.806. The highest BCUT2D eigenvalue weighted by Gasteiger charge is 2.31. The molecule has 0 nitrogen and oxygen atoms in total. The van der Waals surface area contributed by atoms with Crippen molar-refractivity contribution in [3.8, 4) is 0 Å². The van der Waals surface area contributed by atoms with Gasteiger partial charge in [0.2, 0.25) is 0 Å². The van der Waals surface area contributed by atoms with Gasteiger partial charge in [0.05, 0.1) is 16.1 Å². The van der Waals surface area contributed by atoms with Gasteiger partial charge in [-0.05, 0) is 64.7 Å². The molecule has 2 aromatic carbocycles. The Kier molecular flexibility index (Phi) is 7.39. The molecule has 3 rings (SSSR count). The Bertz CT molecular complexity index is 1030. The van der Waals surface area contributed by atoms with Crippen LogP contribution in [0.1, 0.15) is 38.8 Å². The zero-order chi connectivity index (χ0) is 24.9. The second-order valence-electron chi connectivity index (χ2n) is 12.5. The van der Waals surface area contributed by atoms with Crippen LogP contribution in [0, 0.1) is 19.8 Å². The monoisotopic (exact) mass is 489 g/mol. The fourth-order valence-corrected chi connectivity index (χ4v) is 11.2. The Morgan fingerprint density at radius 3 is 1.27 bits per heavy atom. The van der Waals surface area contributed by atoms with Crippen molar-refractivity contribution < 1.29 is 0 Å². The van der Waals surface area contributed by atoms with Gasteiger partial charge in [-0.1, -0.05) is 119 Å². The first kappa shape index (κ1) is 26.2. The van der Waals surface area contributed by atoms with Gasteiger partial charge in [0.15, 0.2) is 0 Å². The molecule has 0 heterocycles. The Balaban J connectivity index is 2.22. The van der Waals surface area contributed by atoms with Crippen LogP contribution in [0.3, 0.4) is 0 Å². The number of hydrogen-bond donors (Lipinski definition) is 0. The molecule has 1 aliphatic carbocycles. The van der Waals surface area contributed by atoms with Crippen LogP contribution < -0.4 is 20.7 Å². The first-order chi connectivity index (χ1) is 15.1. The van der Waals surface area contributed by atoms with Crippen molar-refractivity contribution in [1.29, 1.82) is 0 Å². The topological polar surface area (TPSA) is 0 Å². The molecule has 0 fully saturated rings. The molecule has 0 N–H and O–H groups in total. The maximum atomic E-state index is 2.61. The lowest BCUT2D eigenvalue weighted by Crippen LogP contribution is -2.50. The van der Waals surface area contributed by atoms with Crippen molar-refractivity contribution in [3.63, 3.8) is 0 Å². The molecule has 0 aromatic heterocycles. The number of allylic oxidation sites excluding steroid dienone is 4. The van der Waals surface area contributed by atoms with E-state index in [1.54, 1.807) is 31.9 Å². The van der Waals surface area contributed by atoms with Crippen LogP contribution in [-0.2, 0) is 0 Å². The minimum absolute atomic E-state index is 0.588. The minimum atomic E-state index is -1.38. The van der Waals surface area contributed by atoms with Crippen molar-refractivity contribution in [1.82, 2.24) is 0 Å². The number of benzene rings is 2. The second-order valence-corrected chi connectivity index (χ2v) is 25.2. The summed E-state index contributed by atoms with van der Waals surface area (Å²) in [5, 5.41) is 6.45. The molecular formula is C30H45Si3. The lowest BCUT2D eigenvalue weighted by atomic mass is 9.99. The SMILES string of the molecule is CC1=C(C)C(C[Si](c2cc(C)cc([Si](C)(C)C)c2)c2cc(C)cc([Si](C)(C)C)c2)C(C)=C1C. The van der Waals surface area contributed by atoms with E-state index < -0.39 is 24.9 Å². The van der Waals surface area contributed by atoms with Gasteiger partial charge in [0, 0.05) is 0 Å². The highest BCUT2D eigenvalue weighted by Crippen LogP contribution is 2.39. The predicted octanol–water partition coefficient (Wildman–Crippen LogP) is 6.31. The summed E-state index contributed by atoms with van der Waals surface area (Å²) in [6, 6.07) is 16.4. The van der Waals surface area contributed by atoms with Crippen molar-refractivity contribution in [2.24, 2.45) is 5.92 Å². The third-order valence-electron chi connectivity index (χ3n) is 7.78. The largest absolute Gasteiger partial charge is 0.122 e. The zero-order valence-corrected chi connectivity index (χ0v) is 26.2. The molecule has 177 valence electrons. The van der Waals surface area contributed by atoms with E-state index in [-0.39, 0.29) is 0 Å². The number of hydrogen-bond acceptors (Lipinski definition) is 0. The smallest absolute Gasteiger partial charge is 0.0656 e. The van der Waals surface area contributed by atoms with Crippen LogP contribution >= 0.6 is 0 Å². The average molecular weight is 490 g/mol. The normalized spacial score (nSPS) is 15.9. The minimum Gasteiger partial charge on any atom is -0.0656 e. The summed E-state index contributed by atoms with van der Waals surface area (Å²) < 4.78 is 0. The molecule has 0 aliphatic heterocycles. The summed E-state index contributed by atoms with van der Waals surface area (Å²) in [5.74, 6) is 0.588. The summed E-state index contributed by atoms with van der Waals surface area (Å²) >= 11 is 0. The van der Waals surface area contributed by atoms with Crippen LogP contribution in [0.2, 0.25) is 45.3 Å². The van der Waals surface area contributed by atoms with E-state index in [9.17, 15) is 0 Å². The van der Waals surface area contributed by atoms with E-state index in [4.69, 9.17) is 0 Å². The van der Waals surface area contributed by atoms with Crippen molar-refractivity contribution >= 4 is 45.7 Å². The quantitative estimate of drug-likeness (QED) is 0.417. The maximum Gasteiger partial charge on any atom is 0.122 e. The summed E-state index contributed by atoms with van der Waals surface area (Å²) in [5.41, 5.74) is 9.12. The molecule has 3 heteroatoms. The van der Waals surface area contributed by atoms with Crippen LogP contribution in [-0.4, -0.2) is 24.9 Å². The third-order valence-corrected chi connectivity index (χ3v) is 14.6. The van der Waals surface area contributed by atoms with Gasteiger partial charge in [-0.15, -0.1) is 0 Å². The molecule has 2 aromatic rings. The standard InChI is InChI=1S/C30H45Si3/c1-20-13-26(17-28(15-20)32(7,8)9)31(19-30-24(5)22(3)23(4)25(30)6)27-14-21(2)16-29(18-27)33(10,11)12/h13-18,30H,19H2,1-12H3. The van der Waals surface area contributed by atoms with Gasteiger partial charge in [0.25, 0.3) is 0 Å². The molecule has 33 heavy (non-hydrogen) atoms. The zero-order valence-electron chi connectivity index (χ0n) is 23.2. The van der Waals surface area contributed by atoms with Gasteiger partial charge in [-0.2, -0.15) is 0 Å². The van der Waals surface area contributed by atoms with Crippen LogP contribution in [0.5, 0.6) is 0 Å². The van der Waals surface area contributed by atoms with Crippen LogP contribution in [0.4, 0.5) is 0 Å². The summed E-state index contributed by atoms with van der Waals surface area (Å²) in [6.07, 6.45) is 0. The molecule has 0 spiro atoms. The number of aryl methyl sites for hydroxylation is 2. The van der Waals surface area contributed by atoms with E-state index in [0.29, 0.717) is 5.92 Å². The molecule has 0 saturated heterocycles. The van der Waals surface area contributed by atoms with Crippen molar-refractivity contribution in [3.05, 3.63) is 69.8 Å². The first-order valence-corrected chi connectivity index (χ1v) is 21.3. The Labute approximate surface area is 207 Å². The van der Waals surface area contributed by atoms with Crippen LogP contribution in [0.15, 0.2) is 58.7 Å². The Morgan fingerprint density at radius 1 is 0.576 bits per heavy atom. The molecule has 0 saturated carbocycles. The van der Waals surface area contributed by atoms with Gasteiger partial charge in [0.1, 0.15) is 8.80 Å². The predicted molar refractivity (Wildman–Crippen MR) is 158 cm³/mol. The number of rotatable bonds is 6. The lowest BCUT2D eigenvalue weighted by Gasteiger charge is -2.27. The van der Waals surface area contributed by atoms with E-state index in [1.165, 1.54) is 28.3 Å². The van der Waals surface area contributed by atoms with Crippen LogP contribution in [0.25, 0.3) is 0 Å². The van der Waals surface area contributed by atoms with Gasteiger partial charge in [-0.25, -0.2) is 0 Å². The Hall–Kier alpha value is -1.43. The molecular weight excluding hydrogens is 445 g/mol.